The molecule has 0 heterocycles. The molecule has 0 amide bonds. The molecule has 3 nitrogen and oxygen atoms in total. The number of nitrogens with zero attached hydrogens (tertiary/aromatic N) is 1. The van der Waals surface area contributed by atoms with Crippen molar-refractivity contribution in [3.05, 3.63) is 28.8 Å². The number of carbonyl (C=O) groups excluding carboxylic acids is 1. The van der Waals surface area contributed by atoms with Crippen LogP contribution in [0, 0.1) is 11.3 Å². The van der Waals surface area contributed by atoms with Crippen molar-refractivity contribution in [1.82, 2.24) is 0 Å². The van der Waals surface area contributed by atoms with Crippen LogP contribution >= 0.6 is 24.2 Å². The molecule has 1 aromatic rings. The molecule has 0 unspecified atom stereocenters. The van der Waals surface area contributed by atoms with E-state index < -0.39 is 0 Å². The smallest absolute Gasteiger partial charge is 0.309 e. The summed E-state index contributed by atoms with van der Waals surface area (Å²) in [6.45, 7) is 0. The molecule has 16 heavy (non-hydrogen) atoms. The minimum atomic E-state index is -0.344. The zero-order valence-electron chi connectivity index (χ0n) is 8.66. The van der Waals surface area contributed by atoms with Crippen LogP contribution in [0.2, 0.25) is 0 Å². The first kappa shape index (κ1) is 12.9. The number of hydrogen-bond donors (Lipinski definition) is 1. The van der Waals surface area contributed by atoms with Crippen LogP contribution in [0.1, 0.15) is 16.7 Å². The van der Waals surface area contributed by atoms with Gasteiger partial charge in [0.15, 0.2) is 0 Å². The number of thiol groups is 1. The van der Waals surface area contributed by atoms with Gasteiger partial charge in [-0.2, -0.15) is 5.26 Å². The topological polar surface area (TPSA) is 50.1 Å². The number of ether oxygens (including phenoxy) is 1. The Morgan fingerprint density at radius 3 is 2.75 bits per heavy atom. The molecular weight excluding hydrogens is 246 g/mol. The minimum absolute atomic E-state index is 0.137. The molecule has 0 atom stereocenters. The van der Waals surface area contributed by atoms with Crippen LogP contribution in [0.4, 0.5) is 0 Å². The number of nitriles is 1. The van der Waals surface area contributed by atoms with E-state index in [0.717, 1.165) is 11.1 Å². The Morgan fingerprint density at radius 1 is 1.56 bits per heavy atom. The van der Waals surface area contributed by atoms with Gasteiger partial charge in [0.05, 0.1) is 19.1 Å². The van der Waals surface area contributed by atoms with Crippen molar-refractivity contribution >= 4 is 30.2 Å². The molecule has 1 aromatic carbocycles. The maximum atomic E-state index is 11.2. The number of methoxy groups -OCH3 is 1. The molecule has 5 heteroatoms. The molecule has 0 aliphatic carbocycles. The van der Waals surface area contributed by atoms with Gasteiger partial charge in [0.1, 0.15) is 6.07 Å². The molecule has 0 radical (unpaired) electrons. The predicted octanol–water partition coefficient (Wildman–Crippen LogP) is 2.30. The molecule has 0 spiro atoms. The fraction of sp³-hybridized carbons (Fsp3) is 0.273. The van der Waals surface area contributed by atoms with Gasteiger partial charge in [-0.25, -0.2) is 0 Å². The van der Waals surface area contributed by atoms with Crippen LogP contribution < -0.4 is 0 Å². The SMILES string of the molecule is COC(=O)Cc1cc(S)c(C#N)cc1CCl. The standard InChI is InChI=1S/C11H10ClNO2S/c1-15-11(14)4-7-3-10(16)9(6-13)2-8(7)5-12/h2-3,16H,4-5H2,1H3. The Bertz CT molecular complexity index is 454. The third-order valence-electron chi connectivity index (χ3n) is 2.14. The average molecular weight is 256 g/mol. The Kier molecular flexibility index (Phi) is 4.66. The van der Waals surface area contributed by atoms with Crippen LogP contribution in [-0.4, -0.2) is 13.1 Å². The fourth-order valence-electron chi connectivity index (χ4n) is 1.28. The van der Waals surface area contributed by atoms with Gasteiger partial charge in [-0.15, -0.1) is 24.2 Å². The van der Waals surface area contributed by atoms with Gasteiger partial charge in [0.2, 0.25) is 0 Å². The number of esters is 1. The van der Waals surface area contributed by atoms with Crippen molar-refractivity contribution in [2.75, 3.05) is 7.11 Å². The largest absolute Gasteiger partial charge is 0.469 e. The molecule has 0 bridgehead atoms. The Balaban J connectivity index is 3.14. The lowest BCUT2D eigenvalue weighted by Crippen LogP contribution is -2.07. The summed E-state index contributed by atoms with van der Waals surface area (Å²) in [5, 5.41) is 8.82. The van der Waals surface area contributed by atoms with Gasteiger partial charge >= 0.3 is 5.97 Å². The van der Waals surface area contributed by atoms with Crippen molar-refractivity contribution in [2.24, 2.45) is 0 Å². The highest BCUT2D eigenvalue weighted by atomic mass is 35.5. The predicted molar refractivity (Wildman–Crippen MR) is 63.7 cm³/mol. The van der Waals surface area contributed by atoms with Crippen LogP contribution in [0.3, 0.4) is 0 Å². The molecular formula is C11H10ClNO2S. The molecule has 0 saturated carbocycles. The fourth-order valence-corrected chi connectivity index (χ4v) is 1.80. The third-order valence-corrected chi connectivity index (χ3v) is 2.80. The van der Waals surface area contributed by atoms with Crippen LogP contribution in [0.15, 0.2) is 17.0 Å². The van der Waals surface area contributed by atoms with Gasteiger partial charge in [0, 0.05) is 10.8 Å². The van der Waals surface area contributed by atoms with E-state index in [2.05, 4.69) is 17.4 Å². The number of halogens is 1. The summed E-state index contributed by atoms with van der Waals surface area (Å²) in [6, 6.07) is 5.34. The molecule has 0 fully saturated rings. The van der Waals surface area contributed by atoms with Gasteiger partial charge in [-0.3, -0.25) is 4.79 Å². The summed E-state index contributed by atoms with van der Waals surface area (Å²) in [5.74, 6) is -0.0986. The van der Waals surface area contributed by atoms with E-state index >= 15 is 0 Å². The van der Waals surface area contributed by atoms with E-state index in [1.54, 1.807) is 12.1 Å². The molecule has 0 aromatic heterocycles. The first-order chi connectivity index (χ1) is 7.62. The summed E-state index contributed by atoms with van der Waals surface area (Å²) in [6.07, 6.45) is 0.137. The highest BCUT2D eigenvalue weighted by molar-refractivity contribution is 7.80. The number of rotatable bonds is 3. The van der Waals surface area contributed by atoms with Crippen molar-refractivity contribution in [3.63, 3.8) is 0 Å². The van der Waals surface area contributed by atoms with E-state index in [9.17, 15) is 4.79 Å². The number of benzene rings is 1. The second kappa shape index (κ2) is 5.78. The van der Waals surface area contributed by atoms with E-state index in [-0.39, 0.29) is 18.3 Å². The lowest BCUT2D eigenvalue weighted by molar-refractivity contribution is -0.139. The van der Waals surface area contributed by atoms with E-state index in [0.29, 0.717) is 10.5 Å². The maximum absolute atomic E-state index is 11.2. The molecule has 0 aliphatic rings. The molecule has 0 N–H and O–H groups in total. The van der Waals surface area contributed by atoms with Gasteiger partial charge in [0.25, 0.3) is 0 Å². The highest BCUT2D eigenvalue weighted by Crippen LogP contribution is 2.22. The van der Waals surface area contributed by atoms with Crippen LogP contribution in [0.25, 0.3) is 0 Å². The highest BCUT2D eigenvalue weighted by Gasteiger charge is 2.11. The van der Waals surface area contributed by atoms with Crippen molar-refractivity contribution in [3.8, 4) is 6.07 Å². The Morgan fingerprint density at radius 2 is 2.25 bits per heavy atom. The monoisotopic (exact) mass is 255 g/mol. The number of alkyl halides is 1. The summed E-state index contributed by atoms with van der Waals surface area (Å²) >= 11 is 9.92. The normalized spacial score (nSPS) is 9.62. The van der Waals surface area contributed by atoms with Gasteiger partial charge in [-0.1, -0.05) is 0 Å². The maximum Gasteiger partial charge on any atom is 0.309 e. The lowest BCUT2D eigenvalue weighted by Gasteiger charge is -2.08. The van der Waals surface area contributed by atoms with Crippen molar-refractivity contribution in [1.29, 1.82) is 5.26 Å². The lowest BCUT2D eigenvalue weighted by atomic mass is 10.0. The second-order valence-electron chi connectivity index (χ2n) is 3.14. The summed E-state index contributed by atoms with van der Waals surface area (Å²) in [4.78, 5) is 11.7. The first-order valence-corrected chi connectivity index (χ1v) is 5.48. The number of hydrogen-bond acceptors (Lipinski definition) is 4. The van der Waals surface area contributed by atoms with Gasteiger partial charge < -0.3 is 4.74 Å². The number of carbonyl (C=O) groups is 1. The van der Waals surface area contributed by atoms with Crippen molar-refractivity contribution in [2.45, 2.75) is 17.2 Å². The molecule has 84 valence electrons. The summed E-state index contributed by atoms with van der Waals surface area (Å²) in [7, 11) is 1.33. The summed E-state index contributed by atoms with van der Waals surface area (Å²) in [5.41, 5.74) is 1.94. The molecule has 0 saturated heterocycles. The molecule has 1 rings (SSSR count). The Labute approximate surface area is 104 Å². The third kappa shape index (κ3) is 2.91. The zero-order chi connectivity index (χ0) is 12.1. The van der Waals surface area contributed by atoms with E-state index in [1.165, 1.54) is 7.11 Å². The minimum Gasteiger partial charge on any atom is -0.469 e. The van der Waals surface area contributed by atoms with Gasteiger partial charge in [-0.05, 0) is 23.3 Å². The van der Waals surface area contributed by atoms with E-state index in [4.69, 9.17) is 16.9 Å². The first-order valence-electron chi connectivity index (χ1n) is 4.50. The quantitative estimate of drug-likeness (QED) is 0.512. The zero-order valence-corrected chi connectivity index (χ0v) is 10.3. The van der Waals surface area contributed by atoms with E-state index in [1.807, 2.05) is 6.07 Å². The molecule has 0 aliphatic heterocycles. The second-order valence-corrected chi connectivity index (χ2v) is 3.89. The Hall–Kier alpha value is -1.18. The summed E-state index contributed by atoms with van der Waals surface area (Å²) < 4.78 is 4.58. The van der Waals surface area contributed by atoms with Crippen LogP contribution in [-0.2, 0) is 21.8 Å². The van der Waals surface area contributed by atoms with Crippen LogP contribution in [0.5, 0.6) is 0 Å². The van der Waals surface area contributed by atoms with Crippen molar-refractivity contribution < 1.29 is 9.53 Å². The average Bonchev–Trinajstić information content (AvgIpc) is 2.29.